The number of carboxylic acids is 1. The van der Waals surface area contributed by atoms with E-state index >= 15 is 0 Å². The first-order valence-electron chi connectivity index (χ1n) is 5.62. The number of benzene rings is 1. The molecule has 1 aromatic heterocycles. The Balaban J connectivity index is 2.69. The number of hydrogen-bond donors (Lipinski definition) is 1. The summed E-state index contributed by atoms with van der Waals surface area (Å²) in [6, 6.07) is 4.01. The van der Waals surface area contributed by atoms with Crippen molar-refractivity contribution in [2.24, 2.45) is 0 Å². The summed E-state index contributed by atoms with van der Waals surface area (Å²) in [5.41, 5.74) is 4.76. The molecule has 0 aliphatic heterocycles. The van der Waals surface area contributed by atoms with Crippen LogP contribution in [0.2, 0.25) is 0 Å². The highest BCUT2D eigenvalue weighted by Gasteiger charge is 2.15. The molecule has 0 amide bonds. The quantitative estimate of drug-likeness (QED) is 0.879. The van der Waals surface area contributed by atoms with E-state index in [1.165, 1.54) is 18.1 Å². The van der Waals surface area contributed by atoms with Crippen LogP contribution in [-0.2, 0) is 0 Å². The van der Waals surface area contributed by atoms with E-state index < -0.39 is 5.97 Å². The molecule has 18 heavy (non-hydrogen) atoms. The third-order valence-corrected chi connectivity index (χ3v) is 3.04. The lowest BCUT2D eigenvalue weighted by Crippen LogP contribution is -2.03. The van der Waals surface area contributed by atoms with Crippen LogP contribution < -0.4 is 0 Å². The second kappa shape index (κ2) is 4.56. The van der Waals surface area contributed by atoms with Gasteiger partial charge in [-0.1, -0.05) is 6.07 Å². The Kier molecular flexibility index (Phi) is 3.10. The maximum absolute atomic E-state index is 11.2. The number of aromatic carboxylic acids is 1. The molecule has 0 fully saturated rings. The first-order valence-corrected chi connectivity index (χ1v) is 5.62. The summed E-state index contributed by atoms with van der Waals surface area (Å²) < 4.78 is 0. The number of carboxylic acid groups (broad SMARTS) is 1. The summed E-state index contributed by atoms with van der Waals surface area (Å²) in [7, 11) is 0. The van der Waals surface area contributed by atoms with E-state index in [-0.39, 0.29) is 5.56 Å². The summed E-state index contributed by atoms with van der Waals surface area (Å²) in [5, 5.41) is 9.16. The van der Waals surface area contributed by atoms with E-state index in [1.54, 1.807) is 0 Å². The molecule has 1 aromatic carbocycles. The Hall–Kier alpha value is -2.23. The molecule has 1 N–H and O–H groups in total. The number of nitrogens with zero attached hydrogens (tertiary/aromatic N) is 2. The largest absolute Gasteiger partial charge is 0.478 e. The molecule has 0 unspecified atom stereocenters. The van der Waals surface area contributed by atoms with Crippen LogP contribution in [0.15, 0.2) is 24.7 Å². The van der Waals surface area contributed by atoms with Crippen LogP contribution in [0.4, 0.5) is 0 Å². The van der Waals surface area contributed by atoms with Crippen LogP contribution in [0.5, 0.6) is 0 Å². The summed E-state index contributed by atoms with van der Waals surface area (Å²) >= 11 is 0. The molecule has 0 spiro atoms. The highest BCUT2D eigenvalue weighted by Crippen LogP contribution is 2.27. The van der Waals surface area contributed by atoms with Gasteiger partial charge in [0.2, 0.25) is 0 Å². The average molecular weight is 242 g/mol. The molecule has 92 valence electrons. The van der Waals surface area contributed by atoms with Gasteiger partial charge in [0, 0.05) is 11.8 Å². The van der Waals surface area contributed by atoms with Crippen LogP contribution in [0.3, 0.4) is 0 Å². The normalized spacial score (nSPS) is 10.4. The van der Waals surface area contributed by atoms with E-state index in [9.17, 15) is 4.79 Å². The van der Waals surface area contributed by atoms with Crippen molar-refractivity contribution in [3.05, 3.63) is 46.9 Å². The van der Waals surface area contributed by atoms with Crippen molar-refractivity contribution < 1.29 is 9.90 Å². The molecule has 0 saturated carbocycles. The van der Waals surface area contributed by atoms with Crippen molar-refractivity contribution in [3.63, 3.8) is 0 Å². The summed E-state index contributed by atoms with van der Waals surface area (Å²) in [4.78, 5) is 19.1. The smallest absolute Gasteiger partial charge is 0.339 e. The Bertz CT molecular complexity index is 621. The highest BCUT2D eigenvalue weighted by atomic mass is 16.4. The van der Waals surface area contributed by atoms with Crippen LogP contribution >= 0.6 is 0 Å². The maximum atomic E-state index is 11.2. The van der Waals surface area contributed by atoms with Gasteiger partial charge in [0.15, 0.2) is 0 Å². The molecule has 4 nitrogen and oxygen atoms in total. The number of aryl methyl sites for hydroxylation is 3. The minimum absolute atomic E-state index is 0.129. The average Bonchev–Trinajstić information content (AvgIpc) is 2.34. The van der Waals surface area contributed by atoms with Gasteiger partial charge in [-0.05, 0) is 43.5 Å². The molecule has 2 aromatic rings. The van der Waals surface area contributed by atoms with Crippen molar-refractivity contribution in [2.45, 2.75) is 20.8 Å². The van der Waals surface area contributed by atoms with Crippen LogP contribution in [0.1, 0.15) is 27.0 Å². The van der Waals surface area contributed by atoms with Gasteiger partial charge in [0.1, 0.15) is 11.9 Å². The van der Waals surface area contributed by atoms with Gasteiger partial charge < -0.3 is 5.11 Å². The van der Waals surface area contributed by atoms with Crippen molar-refractivity contribution in [1.29, 1.82) is 0 Å². The number of aromatic nitrogens is 2. The molecular weight excluding hydrogens is 228 g/mol. The van der Waals surface area contributed by atoms with E-state index in [2.05, 4.69) is 9.97 Å². The summed E-state index contributed by atoms with van der Waals surface area (Å²) in [6.45, 7) is 5.99. The predicted molar refractivity (Wildman–Crippen MR) is 68.6 cm³/mol. The van der Waals surface area contributed by atoms with Gasteiger partial charge in [0.05, 0.1) is 5.69 Å². The molecule has 4 heteroatoms. The second-order valence-electron chi connectivity index (χ2n) is 4.34. The Morgan fingerprint density at radius 2 is 1.78 bits per heavy atom. The second-order valence-corrected chi connectivity index (χ2v) is 4.34. The SMILES string of the molecule is Cc1cc(C)c(-c2ncncc2C(=O)O)cc1C. The van der Waals surface area contributed by atoms with Crippen LogP contribution in [0, 0.1) is 20.8 Å². The molecule has 0 aliphatic rings. The minimum atomic E-state index is -1.01. The van der Waals surface area contributed by atoms with E-state index in [4.69, 9.17) is 5.11 Å². The third kappa shape index (κ3) is 2.09. The van der Waals surface area contributed by atoms with Gasteiger partial charge >= 0.3 is 5.97 Å². The topological polar surface area (TPSA) is 63.1 Å². The monoisotopic (exact) mass is 242 g/mol. The van der Waals surface area contributed by atoms with Gasteiger partial charge in [-0.3, -0.25) is 0 Å². The van der Waals surface area contributed by atoms with Crippen molar-refractivity contribution in [2.75, 3.05) is 0 Å². The fraction of sp³-hybridized carbons (Fsp3) is 0.214. The predicted octanol–water partition coefficient (Wildman–Crippen LogP) is 2.77. The zero-order valence-electron chi connectivity index (χ0n) is 10.6. The third-order valence-electron chi connectivity index (χ3n) is 3.04. The zero-order chi connectivity index (χ0) is 13.3. The van der Waals surface area contributed by atoms with Gasteiger partial charge in [-0.25, -0.2) is 14.8 Å². The first-order chi connectivity index (χ1) is 8.50. The fourth-order valence-electron chi connectivity index (χ4n) is 1.92. The fourth-order valence-corrected chi connectivity index (χ4v) is 1.92. The van der Waals surface area contributed by atoms with Gasteiger partial charge in [0.25, 0.3) is 0 Å². The molecule has 0 bridgehead atoms. The Labute approximate surface area is 105 Å². The molecule has 0 atom stereocenters. The lowest BCUT2D eigenvalue weighted by atomic mass is 9.97. The lowest BCUT2D eigenvalue weighted by molar-refractivity contribution is 0.0697. The van der Waals surface area contributed by atoms with Crippen molar-refractivity contribution in [3.8, 4) is 11.3 Å². The first kappa shape index (κ1) is 12.2. The summed E-state index contributed by atoms with van der Waals surface area (Å²) in [6.07, 6.45) is 2.70. The number of rotatable bonds is 2. The molecule has 0 saturated heterocycles. The molecule has 2 rings (SSSR count). The van der Waals surface area contributed by atoms with Crippen molar-refractivity contribution >= 4 is 5.97 Å². The van der Waals surface area contributed by atoms with Crippen molar-refractivity contribution in [1.82, 2.24) is 9.97 Å². The number of carbonyl (C=O) groups is 1. The van der Waals surface area contributed by atoms with Gasteiger partial charge in [-0.15, -0.1) is 0 Å². The molecule has 1 heterocycles. The standard InChI is InChI=1S/C14H14N2O2/c1-8-4-10(3)11(5-9(8)2)13-12(14(17)18)6-15-7-16-13/h4-7H,1-3H3,(H,17,18). The lowest BCUT2D eigenvalue weighted by Gasteiger charge is -2.10. The van der Waals surface area contributed by atoms with Gasteiger partial charge in [-0.2, -0.15) is 0 Å². The Morgan fingerprint density at radius 3 is 2.44 bits per heavy atom. The molecule has 0 aliphatic carbocycles. The molecular formula is C14H14N2O2. The minimum Gasteiger partial charge on any atom is -0.478 e. The van der Waals surface area contributed by atoms with Crippen LogP contribution in [-0.4, -0.2) is 21.0 Å². The zero-order valence-corrected chi connectivity index (χ0v) is 10.6. The Morgan fingerprint density at radius 1 is 1.11 bits per heavy atom. The summed E-state index contributed by atoms with van der Waals surface area (Å²) in [5.74, 6) is -1.01. The van der Waals surface area contributed by atoms with E-state index in [1.807, 2.05) is 32.9 Å². The van der Waals surface area contributed by atoms with E-state index in [0.29, 0.717) is 5.69 Å². The highest BCUT2D eigenvalue weighted by molar-refractivity contribution is 5.94. The molecule has 0 radical (unpaired) electrons. The maximum Gasteiger partial charge on any atom is 0.339 e. The van der Waals surface area contributed by atoms with Crippen LogP contribution in [0.25, 0.3) is 11.3 Å². The van der Waals surface area contributed by atoms with E-state index in [0.717, 1.165) is 16.7 Å². The number of hydrogen-bond acceptors (Lipinski definition) is 3.